The highest BCUT2D eigenvalue weighted by Crippen LogP contribution is 2.16. The fourth-order valence-electron chi connectivity index (χ4n) is 2.26. The molecule has 0 aromatic carbocycles. The number of nitrogens with zero attached hydrogens (tertiary/aromatic N) is 1. The molecule has 0 aliphatic heterocycles. The van der Waals surface area contributed by atoms with E-state index in [-0.39, 0.29) is 5.91 Å². The van der Waals surface area contributed by atoms with Gasteiger partial charge in [-0.05, 0) is 35.7 Å². The van der Waals surface area contributed by atoms with Crippen LogP contribution in [0.5, 0.6) is 0 Å². The van der Waals surface area contributed by atoms with Crippen molar-refractivity contribution in [3.8, 4) is 0 Å². The molecule has 0 unspecified atom stereocenters. The number of furan rings is 2. The largest absolute Gasteiger partial charge is 0.469 e. The second-order valence-electron chi connectivity index (χ2n) is 4.99. The maximum atomic E-state index is 12.5. The molecule has 5 heteroatoms. The van der Waals surface area contributed by atoms with Crippen molar-refractivity contribution in [2.24, 2.45) is 0 Å². The summed E-state index contributed by atoms with van der Waals surface area (Å²) in [5.41, 5.74) is 0. The Bertz CT molecular complexity index is 635. The van der Waals surface area contributed by atoms with Gasteiger partial charge in [0, 0.05) is 17.7 Å². The van der Waals surface area contributed by atoms with E-state index >= 15 is 0 Å². The summed E-state index contributed by atoms with van der Waals surface area (Å²) in [6, 6.07) is 11.5. The minimum Gasteiger partial charge on any atom is -0.469 e. The van der Waals surface area contributed by atoms with Crippen molar-refractivity contribution < 1.29 is 13.6 Å². The molecule has 22 heavy (non-hydrogen) atoms. The van der Waals surface area contributed by atoms with Crippen LogP contribution in [0, 0.1) is 0 Å². The summed E-state index contributed by atoms with van der Waals surface area (Å²) < 4.78 is 10.7. The number of rotatable bonds is 7. The van der Waals surface area contributed by atoms with E-state index in [0.29, 0.717) is 25.9 Å². The first-order valence-corrected chi connectivity index (χ1v) is 8.04. The van der Waals surface area contributed by atoms with Gasteiger partial charge < -0.3 is 13.7 Å². The average molecular weight is 315 g/mol. The van der Waals surface area contributed by atoms with Crippen LogP contribution in [-0.2, 0) is 24.3 Å². The van der Waals surface area contributed by atoms with Gasteiger partial charge in [0.15, 0.2) is 0 Å². The number of amides is 1. The van der Waals surface area contributed by atoms with E-state index in [1.807, 2.05) is 46.7 Å². The van der Waals surface area contributed by atoms with Gasteiger partial charge in [0.05, 0.1) is 25.6 Å². The quantitative estimate of drug-likeness (QED) is 0.659. The lowest BCUT2D eigenvalue weighted by Gasteiger charge is -2.21. The Morgan fingerprint density at radius 2 is 1.77 bits per heavy atom. The summed E-state index contributed by atoms with van der Waals surface area (Å²) in [6.45, 7) is 1.09. The van der Waals surface area contributed by atoms with Gasteiger partial charge in [0.1, 0.15) is 11.5 Å². The van der Waals surface area contributed by atoms with Gasteiger partial charge in [-0.1, -0.05) is 6.07 Å². The number of hydrogen-bond acceptors (Lipinski definition) is 4. The SMILES string of the molecule is O=C(CCc1ccco1)N(Cc1ccco1)Cc1cccs1. The standard InChI is InChI=1S/C17H17NO3S/c19-17(8-7-14-4-1-9-20-14)18(12-15-5-2-10-21-15)13-16-6-3-11-22-16/h1-6,9-11H,7-8,12-13H2. The third-order valence-electron chi connectivity index (χ3n) is 3.37. The fraction of sp³-hybridized carbons (Fsp3) is 0.235. The van der Waals surface area contributed by atoms with Gasteiger partial charge in [-0.3, -0.25) is 4.79 Å². The molecular weight excluding hydrogens is 298 g/mol. The van der Waals surface area contributed by atoms with Crippen LogP contribution in [0.25, 0.3) is 0 Å². The van der Waals surface area contributed by atoms with Crippen molar-refractivity contribution in [3.63, 3.8) is 0 Å². The van der Waals surface area contributed by atoms with Crippen LogP contribution in [-0.4, -0.2) is 10.8 Å². The maximum absolute atomic E-state index is 12.5. The van der Waals surface area contributed by atoms with Crippen molar-refractivity contribution in [1.82, 2.24) is 4.90 Å². The summed E-state index contributed by atoms with van der Waals surface area (Å²) in [7, 11) is 0. The third-order valence-corrected chi connectivity index (χ3v) is 4.23. The zero-order chi connectivity index (χ0) is 15.2. The molecule has 0 radical (unpaired) electrons. The molecule has 0 bridgehead atoms. The van der Waals surface area contributed by atoms with Crippen LogP contribution in [0.1, 0.15) is 22.8 Å². The molecule has 114 valence electrons. The predicted octanol–water partition coefficient (Wildman–Crippen LogP) is 4.10. The summed E-state index contributed by atoms with van der Waals surface area (Å²) in [4.78, 5) is 15.5. The average Bonchev–Trinajstić information content (AvgIpc) is 3.27. The van der Waals surface area contributed by atoms with Crippen molar-refractivity contribution in [2.45, 2.75) is 25.9 Å². The normalized spacial score (nSPS) is 10.7. The van der Waals surface area contributed by atoms with Gasteiger partial charge in [0.25, 0.3) is 0 Å². The Hall–Kier alpha value is -2.27. The zero-order valence-electron chi connectivity index (χ0n) is 12.1. The Morgan fingerprint density at radius 3 is 2.41 bits per heavy atom. The van der Waals surface area contributed by atoms with E-state index in [2.05, 4.69) is 0 Å². The number of aryl methyl sites for hydroxylation is 1. The number of hydrogen-bond donors (Lipinski definition) is 0. The number of thiophene rings is 1. The number of carbonyl (C=O) groups excluding carboxylic acids is 1. The summed E-state index contributed by atoms with van der Waals surface area (Å²) in [5.74, 6) is 1.73. The van der Waals surface area contributed by atoms with E-state index in [0.717, 1.165) is 16.4 Å². The Kier molecular flexibility index (Phi) is 4.75. The zero-order valence-corrected chi connectivity index (χ0v) is 12.9. The van der Waals surface area contributed by atoms with Crippen LogP contribution in [0.3, 0.4) is 0 Å². The first-order chi connectivity index (χ1) is 10.8. The summed E-state index contributed by atoms with van der Waals surface area (Å²) in [5, 5.41) is 2.02. The van der Waals surface area contributed by atoms with E-state index in [9.17, 15) is 4.79 Å². The molecule has 3 heterocycles. The second-order valence-corrected chi connectivity index (χ2v) is 6.02. The highest BCUT2D eigenvalue weighted by atomic mass is 32.1. The minimum absolute atomic E-state index is 0.0983. The fourth-order valence-corrected chi connectivity index (χ4v) is 2.98. The number of carbonyl (C=O) groups is 1. The lowest BCUT2D eigenvalue weighted by atomic mass is 10.2. The second kappa shape index (κ2) is 7.13. The van der Waals surface area contributed by atoms with E-state index in [4.69, 9.17) is 8.83 Å². The highest BCUT2D eigenvalue weighted by molar-refractivity contribution is 7.09. The smallest absolute Gasteiger partial charge is 0.223 e. The highest BCUT2D eigenvalue weighted by Gasteiger charge is 2.16. The lowest BCUT2D eigenvalue weighted by molar-refractivity contribution is -0.132. The Labute approximate surface area is 133 Å². The van der Waals surface area contributed by atoms with Gasteiger partial charge in [-0.25, -0.2) is 0 Å². The molecule has 0 saturated heterocycles. The maximum Gasteiger partial charge on any atom is 0.223 e. The van der Waals surface area contributed by atoms with Gasteiger partial charge in [0.2, 0.25) is 5.91 Å². The minimum atomic E-state index is 0.0983. The van der Waals surface area contributed by atoms with Crippen LogP contribution >= 0.6 is 11.3 Å². The third kappa shape index (κ3) is 3.89. The molecule has 3 rings (SSSR count). The lowest BCUT2D eigenvalue weighted by Crippen LogP contribution is -2.29. The molecule has 1 amide bonds. The van der Waals surface area contributed by atoms with Crippen LogP contribution in [0.2, 0.25) is 0 Å². The first-order valence-electron chi connectivity index (χ1n) is 7.16. The molecule has 4 nitrogen and oxygen atoms in total. The molecular formula is C17H17NO3S. The summed E-state index contributed by atoms with van der Waals surface area (Å²) in [6.07, 6.45) is 4.31. The van der Waals surface area contributed by atoms with Gasteiger partial charge in [-0.2, -0.15) is 0 Å². The van der Waals surface area contributed by atoms with Gasteiger partial charge in [-0.15, -0.1) is 11.3 Å². The van der Waals surface area contributed by atoms with E-state index in [1.165, 1.54) is 0 Å². The van der Waals surface area contributed by atoms with E-state index < -0.39 is 0 Å². The molecule has 0 fully saturated rings. The molecule has 0 aliphatic carbocycles. The molecule has 3 aromatic rings. The van der Waals surface area contributed by atoms with Crippen molar-refractivity contribution in [2.75, 3.05) is 0 Å². The van der Waals surface area contributed by atoms with E-state index in [1.54, 1.807) is 23.9 Å². The van der Waals surface area contributed by atoms with Crippen LogP contribution in [0.4, 0.5) is 0 Å². The summed E-state index contributed by atoms with van der Waals surface area (Å²) >= 11 is 1.65. The van der Waals surface area contributed by atoms with Crippen LogP contribution in [0.15, 0.2) is 63.1 Å². The van der Waals surface area contributed by atoms with Crippen molar-refractivity contribution >= 4 is 17.2 Å². The molecule has 0 N–H and O–H groups in total. The Balaban J connectivity index is 1.64. The predicted molar refractivity (Wildman–Crippen MR) is 84.3 cm³/mol. The molecule has 0 aliphatic rings. The van der Waals surface area contributed by atoms with Crippen LogP contribution < -0.4 is 0 Å². The molecule has 3 aromatic heterocycles. The molecule has 0 atom stereocenters. The topological polar surface area (TPSA) is 46.6 Å². The van der Waals surface area contributed by atoms with Gasteiger partial charge >= 0.3 is 0 Å². The molecule has 0 saturated carbocycles. The molecule has 0 spiro atoms. The first kappa shape index (κ1) is 14.7. The monoisotopic (exact) mass is 315 g/mol. The van der Waals surface area contributed by atoms with Crippen molar-refractivity contribution in [3.05, 3.63) is 70.7 Å². The van der Waals surface area contributed by atoms with Crippen molar-refractivity contribution in [1.29, 1.82) is 0 Å². The Morgan fingerprint density at radius 1 is 1.00 bits per heavy atom.